The van der Waals surface area contributed by atoms with Gasteiger partial charge in [0.2, 0.25) is 5.91 Å². The lowest BCUT2D eigenvalue weighted by molar-refractivity contribution is -0.115. The molecule has 0 saturated carbocycles. The van der Waals surface area contributed by atoms with Crippen molar-refractivity contribution in [2.24, 2.45) is 7.05 Å². The number of amides is 1. The van der Waals surface area contributed by atoms with E-state index in [1.807, 2.05) is 36.7 Å². The molecule has 8 heteroatoms. The lowest BCUT2D eigenvalue weighted by Crippen LogP contribution is -2.22. The van der Waals surface area contributed by atoms with Crippen LogP contribution in [0.25, 0.3) is 11.4 Å². The van der Waals surface area contributed by atoms with Crippen molar-refractivity contribution in [1.82, 2.24) is 14.8 Å². The zero-order valence-corrected chi connectivity index (χ0v) is 16.4. The number of hydrogen-bond acceptors (Lipinski definition) is 4. The molecule has 1 aromatic heterocycles. The zero-order valence-electron chi connectivity index (χ0n) is 14.1. The molecule has 0 bridgehead atoms. The van der Waals surface area contributed by atoms with Crippen molar-refractivity contribution >= 4 is 46.6 Å². The third-order valence-electron chi connectivity index (χ3n) is 3.71. The second-order valence-electron chi connectivity index (χ2n) is 5.60. The van der Waals surface area contributed by atoms with Crippen LogP contribution in [-0.4, -0.2) is 25.9 Å². The highest BCUT2D eigenvalue weighted by Crippen LogP contribution is 2.30. The van der Waals surface area contributed by atoms with Crippen LogP contribution in [0.3, 0.4) is 0 Å². The van der Waals surface area contributed by atoms with Crippen LogP contribution in [0.1, 0.15) is 6.92 Å². The minimum absolute atomic E-state index is 0.125. The number of anilines is 1. The maximum atomic E-state index is 12.4. The summed E-state index contributed by atoms with van der Waals surface area (Å²) in [4.78, 5) is 12.4. The quantitative estimate of drug-likeness (QED) is 0.611. The molecule has 0 fully saturated rings. The van der Waals surface area contributed by atoms with E-state index in [2.05, 4.69) is 15.5 Å². The van der Waals surface area contributed by atoms with E-state index in [9.17, 15) is 4.79 Å². The number of rotatable bonds is 5. The van der Waals surface area contributed by atoms with Gasteiger partial charge in [-0.2, -0.15) is 0 Å². The summed E-state index contributed by atoms with van der Waals surface area (Å²) in [6.45, 7) is 1.82. The third kappa shape index (κ3) is 4.20. The third-order valence-corrected chi connectivity index (χ3v) is 5.43. The Morgan fingerprint density at radius 1 is 1.12 bits per heavy atom. The summed E-state index contributed by atoms with van der Waals surface area (Å²) in [5.74, 6) is 0.531. The SMILES string of the molecule is C[C@@H](Sc1nnc(-c2ccccc2Cl)n1C)C(=O)Nc1ccc(Cl)cc1. The average molecular weight is 407 g/mol. The van der Waals surface area contributed by atoms with Gasteiger partial charge in [0.05, 0.1) is 10.3 Å². The molecule has 0 aliphatic carbocycles. The van der Waals surface area contributed by atoms with Gasteiger partial charge in [0.15, 0.2) is 11.0 Å². The van der Waals surface area contributed by atoms with Crippen LogP contribution in [0.15, 0.2) is 53.7 Å². The van der Waals surface area contributed by atoms with Crippen LogP contribution in [0.5, 0.6) is 0 Å². The fourth-order valence-corrected chi connectivity index (χ4v) is 3.44. The summed E-state index contributed by atoms with van der Waals surface area (Å²) in [6.07, 6.45) is 0. The topological polar surface area (TPSA) is 59.8 Å². The van der Waals surface area contributed by atoms with Crippen molar-refractivity contribution < 1.29 is 4.79 Å². The first-order valence-corrected chi connectivity index (χ1v) is 9.46. The molecule has 134 valence electrons. The number of hydrogen-bond donors (Lipinski definition) is 1. The van der Waals surface area contributed by atoms with E-state index in [-0.39, 0.29) is 11.2 Å². The number of benzene rings is 2. The highest BCUT2D eigenvalue weighted by Gasteiger charge is 2.20. The van der Waals surface area contributed by atoms with Crippen molar-refractivity contribution in [3.63, 3.8) is 0 Å². The van der Waals surface area contributed by atoms with E-state index in [4.69, 9.17) is 23.2 Å². The molecule has 1 atom stereocenters. The standard InChI is InChI=1S/C18H16Cl2N4OS/c1-11(17(25)21-13-9-7-12(19)8-10-13)26-18-23-22-16(24(18)2)14-5-3-4-6-15(14)20/h3-11H,1-2H3,(H,21,25)/t11-/m1/s1. The molecule has 5 nitrogen and oxygen atoms in total. The van der Waals surface area contributed by atoms with Gasteiger partial charge in [-0.3, -0.25) is 4.79 Å². The van der Waals surface area contributed by atoms with Gasteiger partial charge in [0.25, 0.3) is 0 Å². The Balaban J connectivity index is 1.71. The van der Waals surface area contributed by atoms with Gasteiger partial charge in [-0.15, -0.1) is 10.2 Å². The summed E-state index contributed by atoms with van der Waals surface area (Å²) >= 11 is 13.4. The largest absolute Gasteiger partial charge is 0.325 e. The first kappa shape index (κ1) is 18.8. The number of thioether (sulfide) groups is 1. The number of aromatic nitrogens is 3. The van der Waals surface area contributed by atoms with Gasteiger partial charge in [-0.25, -0.2) is 0 Å². The van der Waals surface area contributed by atoms with Crippen molar-refractivity contribution in [1.29, 1.82) is 0 Å². The molecule has 26 heavy (non-hydrogen) atoms. The molecule has 0 aliphatic rings. The summed E-state index contributed by atoms with van der Waals surface area (Å²) in [7, 11) is 1.85. The fourth-order valence-electron chi connectivity index (χ4n) is 2.28. The molecular weight excluding hydrogens is 391 g/mol. The van der Waals surface area contributed by atoms with Gasteiger partial charge >= 0.3 is 0 Å². The normalized spacial score (nSPS) is 12.0. The molecule has 0 saturated heterocycles. The van der Waals surface area contributed by atoms with E-state index < -0.39 is 0 Å². The van der Waals surface area contributed by atoms with Gasteiger partial charge in [0.1, 0.15) is 0 Å². The van der Waals surface area contributed by atoms with E-state index in [0.29, 0.717) is 26.7 Å². The molecule has 0 spiro atoms. The maximum absolute atomic E-state index is 12.4. The fraction of sp³-hybridized carbons (Fsp3) is 0.167. The summed E-state index contributed by atoms with van der Waals surface area (Å²) in [5.41, 5.74) is 1.50. The van der Waals surface area contributed by atoms with E-state index in [1.54, 1.807) is 30.3 Å². The minimum Gasteiger partial charge on any atom is -0.325 e. The Morgan fingerprint density at radius 2 is 1.81 bits per heavy atom. The Bertz CT molecular complexity index is 927. The Hall–Kier alpha value is -2.02. The first-order valence-electron chi connectivity index (χ1n) is 7.83. The molecule has 0 unspecified atom stereocenters. The molecule has 0 aliphatic heterocycles. The highest BCUT2D eigenvalue weighted by atomic mass is 35.5. The number of halogens is 2. The molecule has 1 heterocycles. The van der Waals surface area contributed by atoms with E-state index in [1.165, 1.54) is 11.8 Å². The minimum atomic E-state index is -0.354. The second-order valence-corrected chi connectivity index (χ2v) is 7.75. The van der Waals surface area contributed by atoms with Crippen LogP contribution in [0.4, 0.5) is 5.69 Å². The maximum Gasteiger partial charge on any atom is 0.237 e. The van der Waals surface area contributed by atoms with Gasteiger partial charge in [-0.05, 0) is 43.3 Å². The molecule has 2 aromatic carbocycles. The zero-order chi connectivity index (χ0) is 18.7. The molecule has 1 N–H and O–H groups in total. The number of carbonyl (C=O) groups is 1. The Labute approximate surface area is 165 Å². The van der Waals surface area contributed by atoms with E-state index in [0.717, 1.165) is 5.56 Å². The van der Waals surface area contributed by atoms with Crippen LogP contribution in [0, 0.1) is 0 Å². The molecular formula is C18H16Cl2N4OS. The van der Waals surface area contributed by atoms with Gasteiger partial charge in [0, 0.05) is 23.3 Å². The molecule has 3 aromatic rings. The summed E-state index contributed by atoms with van der Waals surface area (Å²) < 4.78 is 1.83. The number of nitrogens with one attached hydrogen (secondary N) is 1. The highest BCUT2D eigenvalue weighted by molar-refractivity contribution is 8.00. The number of nitrogens with zero attached hydrogens (tertiary/aromatic N) is 3. The predicted octanol–water partition coefficient (Wildman–Crippen LogP) is 4.91. The van der Waals surface area contributed by atoms with Crippen molar-refractivity contribution in [2.75, 3.05) is 5.32 Å². The van der Waals surface area contributed by atoms with Crippen molar-refractivity contribution in [3.8, 4) is 11.4 Å². The summed E-state index contributed by atoms with van der Waals surface area (Å²) in [6, 6.07) is 14.4. The molecule has 0 radical (unpaired) electrons. The van der Waals surface area contributed by atoms with Crippen LogP contribution in [-0.2, 0) is 11.8 Å². The van der Waals surface area contributed by atoms with Crippen LogP contribution >= 0.6 is 35.0 Å². The predicted molar refractivity (Wildman–Crippen MR) is 107 cm³/mol. The smallest absolute Gasteiger partial charge is 0.237 e. The lowest BCUT2D eigenvalue weighted by atomic mass is 10.2. The lowest BCUT2D eigenvalue weighted by Gasteiger charge is -2.12. The second kappa shape index (κ2) is 8.12. The molecule has 1 amide bonds. The van der Waals surface area contributed by atoms with Crippen molar-refractivity contribution in [2.45, 2.75) is 17.3 Å². The average Bonchev–Trinajstić information content (AvgIpc) is 2.98. The van der Waals surface area contributed by atoms with Crippen molar-refractivity contribution in [3.05, 3.63) is 58.6 Å². The van der Waals surface area contributed by atoms with E-state index >= 15 is 0 Å². The number of carbonyl (C=O) groups excluding carboxylic acids is 1. The van der Waals surface area contributed by atoms with Gasteiger partial charge < -0.3 is 9.88 Å². The monoisotopic (exact) mass is 406 g/mol. The molecule has 3 rings (SSSR count). The Kier molecular flexibility index (Phi) is 5.86. The summed E-state index contributed by atoms with van der Waals surface area (Å²) in [5, 5.41) is 12.8. The first-order chi connectivity index (χ1) is 12.5. The Morgan fingerprint density at radius 3 is 2.50 bits per heavy atom. The van der Waals surface area contributed by atoms with Crippen LogP contribution in [0.2, 0.25) is 10.0 Å². The van der Waals surface area contributed by atoms with Crippen LogP contribution < -0.4 is 5.32 Å². The van der Waals surface area contributed by atoms with Gasteiger partial charge in [-0.1, -0.05) is 47.1 Å².